The second-order valence-corrected chi connectivity index (χ2v) is 8.88. The topological polar surface area (TPSA) is 104 Å². The van der Waals surface area contributed by atoms with E-state index >= 15 is 0 Å². The van der Waals surface area contributed by atoms with Gasteiger partial charge < -0.3 is 19.4 Å². The number of carbonyl (C=O) groups excluding carboxylic acids is 3. The number of rotatable bonds is 11. The summed E-state index contributed by atoms with van der Waals surface area (Å²) < 4.78 is 102. The van der Waals surface area contributed by atoms with Crippen LogP contribution in [0.15, 0.2) is 41.3 Å². The third kappa shape index (κ3) is 8.42. The molecule has 0 saturated carbocycles. The smallest absolute Gasteiger partial charge is 0.392 e. The van der Waals surface area contributed by atoms with Gasteiger partial charge >= 0.3 is 12.1 Å². The predicted molar refractivity (Wildman–Crippen MR) is 128 cm³/mol. The Hall–Kier alpha value is -4.14. The molecule has 8 nitrogen and oxygen atoms in total. The Balaban J connectivity index is 1.77. The van der Waals surface area contributed by atoms with E-state index in [9.17, 15) is 49.9 Å². The molecule has 0 bridgehead atoms. The van der Waals surface area contributed by atoms with E-state index in [0.717, 1.165) is 4.57 Å². The van der Waals surface area contributed by atoms with Gasteiger partial charge in [0.15, 0.2) is 23.2 Å². The Bertz CT molecular complexity index is 1520. The maximum atomic E-state index is 13.9. The fourth-order valence-corrected chi connectivity index (χ4v) is 3.62. The van der Waals surface area contributed by atoms with Gasteiger partial charge in [0.2, 0.25) is 17.5 Å². The van der Waals surface area contributed by atoms with Crippen LogP contribution in [0.3, 0.4) is 0 Å². The predicted octanol–water partition coefficient (Wildman–Crippen LogP) is 4.23. The molecule has 0 fully saturated rings. The molecular weight excluding hydrogens is 593 g/mol. The first-order valence-electron chi connectivity index (χ1n) is 11.4. The molecule has 3 rings (SSSR count). The standard InChI is InChI=1S/C25H18ClF7N2O6/c26-13-2-1-12-3-5-35(24(39)14(12)7-13)10-19(37)34-17(9-20(38)40-6-4-25(31,32)33)18(36)11-41-23-21(29)15(27)8-16(28)22(23)30/h1-3,5,7-8,17H,4,6,9-11H2,(H,34,37). The number of ether oxygens (including phenoxy) is 2. The van der Waals surface area contributed by atoms with Gasteiger partial charge in [0.25, 0.3) is 5.56 Å². The minimum absolute atomic E-state index is 0.109. The molecule has 3 aromatic rings. The van der Waals surface area contributed by atoms with Crippen LogP contribution in [0.1, 0.15) is 12.8 Å². The first kappa shape index (κ1) is 31.4. The number of aromatic nitrogens is 1. The number of pyridine rings is 1. The SMILES string of the molecule is O=C(Cn1ccc2ccc(Cl)cc2c1=O)NC(CC(=O)OCCC(F)(F)F)C(=O)COc1c(F)c(F)cc(F)c1F. The highest BCUT2D eigenvalue weighted by Gasteiger charge is 2.30. The summed E-state index contributed by atoms with van der Waals surface area (Å²) in [6.07, 6.45) is -5.99. The summed E-state index contributed by atoms with van der Waals surface area (Å²) in [7, 11) is 0. The van der Waals surface area contributed by atoms with E-state index in [1.165, 1.54) is 24.4 Å². The van der Waals surface area contributed by atoms with Gasteiger partial charge in [0.1, 0.15) is 19.2 Å². The van der Waals surface area contributed by atoms with Gasteiger partial charge in [-0.15, -0.1) is 0 Å². The minimum atomic E-state index is -4.66. The first-order valence-corrected chi connectivity index (χ1v) is 11.8. The highest BCUT2D eigenvalue weighted by atomic mass is 35.5. The summed E-state index contributed by atoms with van der Waals surface area (Å²) in [5.74, 6) is -12.9. The molecule has 0 aliphatic rings. The number of hydrogen-bond acceptors (Lipinski definition) is 6. The normalized spacial score (nSPS) is 12.2. The number of amides is 1. The number of Topliss-reactive ketones (excluding diaryl/α,β-unsaturated/α-hetero) is 1. The number of carbonyl (C=O) groups is 3. The Morgan fingerprint density at radius 3 is 2.29 bits per heavy atom. The van der Waals surface area contributed by atoms with E-state index in [0.29, 0.717) is 5.39 Å². The van der Waals surface area contributed by atoms with Gasteiger partial charge in [-0.25, -0.2) is 8.78 Å². The average molecular weight is 611 g/mol. The van der Waals surface area contributed by atoms with Crippen molar-refractivity contribution in [3.05, 3.63) is 75.2 Å². The highest BCUT2D eigenvalue weighted by molar-refractivity contribution is 6.31. The van der Waals surface area contributed by atoms with Crippen molar-refractivity contribution in [3.8, 4) is 5.75 Å². The lowest BCUT2D eigenvalue weighted by Crippen LogP contribution is -2.46. The molecule has 1 atom stereocenters. The van der Waals surface area contributed by atoms with Crippen molar-refractivity contribution >= 4 is 40.0 Å². The van der Waals surface area contributed by atoms with Crippen molar-refractivity contribution in [2.24, 2.45) is 0 Å². The van der Waals surface area contributed by atoms with Crippen LogP contribution in [0.5, 0.6) is 5.75 Å². The third-order valence-corrected chi connectivity index (χ3v) is 5.66. The first-order chi connectivity index (χ1) is 19.2. The van der Waals surface area contributed by atoms with E-state index in [4.69, 9.17) is 11.6 Å². The van der Waals surface area contributed by atoms with Crippen molar-refractivity contribution in [2.45, 2.75) is 31.6 Å². The largest absolute Gasteiger partial charge is 0.479 e. The number of halogens is 8. The number of esters is 1. The zero-order valence-corrected chi connectivity index (χ0v) is 21.3. The maximum absolute atomic E-state index is 13.9. The summed E-state index contributed by atoms with van der Waals surface area (Å²) in [5, 5.41) is 2.94. The number of ketones is 1. The molecule has 16 heteroatoms. The second-order valence-electron chi connectivity index (χ2n) is 8.44. The molecule has 0 saturated heterocycles. The Labute approximate surface area is 230 Å². The molecule has 1 N–H and O–H groups in total. The van der Waals surface area contributed by atoms with Gasteiger partial charge in [-0.2, -0.15) is 22.0 Å². The van der Waals surface area contributed by atoms with Crippen molar-refractivity contribution in [1.82, 2.24) is 9.88 Å². The molecule has 2 aromatic carbocycles. The van der Waals surface area contributed by atoms with Crippen LogP contribution in [0, 0.1) is 23.3 Å². The molecular formula is C25H18ClF7N2O6. The number of nitrogens with one attached hydrogen (secondary N) is 1. The van der Waals surface area contributed by atoms with Gasteiger partial charge in [-0.3, -0.25) is 19.2 Å². The van der Waals surface area contributed by atoms with Gasteiger partial charge in [-0.05, 0) is 23.6 Å². The van der Waals surface area contributed by atoms with Crippen molar-refractivity contribution < 1.29 is 54.6 Å². The Morgan fingerprint density at radius 2 is 1.66 bits per heavy atom. The van der Waals surface area contributed by atoms with E-state index in [1.807, 2.05) is 0 Å². The number of fused-ring (bicyclic) bond motifs is 1. The number of benzene rings is 2. The molecule has 41 heavy (non-hydrogen) atoms. The van der Waals surface area contributed by atoms with Crippen LogP contribution in [-0.2, 0) is 25.7 Å². The molecule has 1 aromatic heterocycles. The fraction of sp³-hybridized carbons (Fsp3) is 0.280. The van der Waals surface area contributed by atoms with Crippen molar-refractivity contribution in [2.75, 3.05) is 13.2 Å². The monoisotopic (exact) mass is 610 g/mol. The van der Waals surface area contributed by atoms with Crippen LogP contribution in [0.4, 0.5) is 30.7 Å². The van der Waals surface area contributed by atoms with E-state index in [2.05, 4.69) is 14.8 Å². The zero-order chi connectivity index (χ0) is 30.5. The average Bonchev–Trinajstić information content (AvgIpc) is 2.88. The van der Waals surface area contributed by atoms with Crippen LogP contribution in [0.2, 0.25) is 5.02 Å². The van der Waals surface area contributed by atoms with E-state index in [1.54, 1.807) is 6.07 Å². The lowest BCUT2D eigenvalue weighted by atomic mass is 10.1. The van der Waals surface area contributed by atoms with Gasteiger partial charge in [0, 0.05) is 22.7 Å². The molecule has 0 radical (unpaired) electrons. The zero-order valence-electron chi connectivity index (χ0n) is 20.5. The fourth-order valence-electron chi connectivity index (χ4n) is 3.44. The van der Waals surface area contributed by atoms with Crippen LogP contribution in [-0.4, -0.2) is 47.7 Å². The molecule has 0 spiro atoms. The lowest BCUT2D eigenvalue weighted by molar-refractivity contribution is -0.160. The van der Waals surface area contributed by atoms with Crippen LogP contribution < -0.4 is 15.6 Å². The number of hydrogen-bond donors (Lipinski definition) is 1. The molecule has 0 aliphatic carbocycles. The summed E-state index contributed by atoms with van der Waals surface area (Å²) in [4.78, 5) is 50.2. The second kappa shape index (κ2) is 13.0. The summed E-state index contributed by atoms with van der Waals surface area (Å²) in [6, 6.07) is 3.90. The number of nitrogens with zero attached hydrogens (tertiary/aromatic N) is 1. The summed E-state index contributed by atoms with van der Waals surface area (Å²) in [5.41, 5.74) is -0.656. The lowest BCUT2D eigenvalue weighted by Gasteiger charge is -2.18. The molecule has 220 valence electrons. The maximum Gasteiger partial charge on any atom is 0.392 e. The Morgan fingerprint density at radius 1 is 1.00 bits per heavy atom. The number of alkyl halides is 3. The van der Waals surface area contributed by atoms with Gasteiger partial charge in [0.05, 0.1) is 19.4 Å². The highest BCUT2D eigenvalue weighted by Crippen LogP contribution is 2.26. The molecule has 1 unspecified atom stereocenters. The summed E-state index contributed by atoms with van der Waals surface area (Å²) in [6.45, 7) is -3.17. The van der Waals surface area contributed by atoms with Gasteiger partial charge in [-0.1, -0.05) is 17.7 Å². The van der Waals surface area contributed by atoms with Crippen LogP contribution in [0.25, 0.3) is 10.8 Å². The minimum Gasteiger partial charge on any atom is -0.479 e. The van der Waals surface area contributed by atoms with Crippen molar-refractivity contribution in [1.29, 1.82) is 0 Å². The van der Waals surface area contributed by atoms with Crippen LogP contribution >= 0.6 is 11.6 Å². The quantitative estimate of drug-likeness (QED) is 0.198. The molecule has 1 amide bonds. The van der Waals surface area contributed by atoms with E-state index in [-0.39, 0.29) is 16.5 Å². The van der Waals surface area contributed by atoms with Crippen molar-refractivity contribution in [3.63, 3.8) is 0 Å². The molecule has 1 heterocycles. The Kier molecular flexibility index (Phi) is 9.97. The van der Waals surface area contributed by atoms with E-state index < -0.39 is 97.1 Å². The summed E-state index contributed by atoms with van der Waals surface area (Å²) >= 11 is 5.90. The molecule has 0 aliphatic heterocycles. The third-order valence-electron chi connectivity index (χ3n) is 5.43.